The zero-order valence-corrected chi connectivity index (χ0v) is 15.5. The Balaban J connectivity index is 1.49. The van der Waals surface area contributed by atoms with Gasteiger partial charge in [0.2, 0.25) is 5.43 Å². The number of nitrogens with one attached hydrogen (secondary N) is 1. The van der Waals surface area contributed by atoms with Crippen LogP contribution < -0.4 is 15.2 Å². The summed E-state index contributed by atoms with van der Waals surface area (Å²) in [5, 5.41) is 5.87. The standard InChI is InChI=1S/C20H21ClN4O/c1-15-6-7-16(21)12-19(15)24-10-8-23(9-11-24)14-25-18-5-3-2-4-17(18)20(26)13-22-25/h2-7,12-13H,8-11,14H2,1H3/p+1. The fourth-order valence-electron chi connectivity index (χ4n) is 3.64. The molecule has 0 amide bonds. The summed E-state index contributed by atoms with van der Waals surface area (Å²) in [6, 6.07) is 13.8. The number of anilines is 1. The number of benzene rings is 2. The summed E-state index contributed by atoms with van der Waals surface area (Å²) in [6.07, 6.45) is 1.42. The monoisotopic (exact) mass is 369 g/mol. The molecule has 26 heavy (non-hydrogen) atoms. The zero-order valence-electron chi connectivity index (χ0n) is 14.8. The Bertz CT molecular complexity index is 993. The number of halogens is 1. The van der Waals surface area contributed by atoms with Crippen LogP contribution in [-0.2, 0) is 6.67 Å². The first-order valence-electron chi connectivity index (χ1n) is 8.91. The van der Waals surface area contributed by atoms with E-state index in [0.29, 0.717) is 0 Å². The van der Waals surface area contributed by atoms with Gasteiger partial charge in [0.05, 0.1) is 37.9 Å². The summed E-state index contributed by atoms with van der Waals surface area (Å²) in [5.74, 6) is 0. The molecule has 0 unspecified atom stereocenters. The van der Waals surface area contributed by atoms with E-state index < -0.39 is 0 Å². The Morgan fingerprint density at radius 2 is 1.92 bits per heavy atom. The summed E-state index contributed by atoms with van der Waals surface area (Å²) in [6.45, 7) is 6.90. The first-order chi connectivity index (χ1) is 12.6. The summed E-state index contributed by atoms with van der Waals surface area (Å²) < 4.78 is 1.95. The summed E-state index contributed by atoms with van der Waals surface area (Å²) in [5.41, 5.74) is 3.36. The van der Waals surface area contributed by atoms with Gasteiger partial charge in [-0.25, -0.2) is 4.68 Å². The van der Waals surface area contributed by atoms with E-state index >= 15 is 0 Å². The molecule has 1 saturated heterocycles. The van der Waals surface area contributed by atoms with Crippen LogP contribution in [-0.4, -0.2) is 36.0 Å². The molecule has 0 bridgehead atoms. The van der Waals surface area contributed by atoms with Gasteiger partial charge < -0.3 is 9.80 Å². The molecule has 0 aliphatic carbocycles. The van der Waals surface area contributed by atoms with E-state index in [2.05, 4.69) is 29.1 Å². The number of piperazine rings is 1. The summed E-state index contributed by atoms with van der Waals surface area (Å²) in [7, 11) is 0. The third-order valence-corrected chi connectivity index (χ3v) is 5.35. The lowest BCUT2D eigenvalue weighted by molar-refractivity contribution is -0.923. The molecular weight excluding hydrogens is 348 g/mol. The maximum atomic E-state index is 12.0. The number of hydrogen-bond donors (Lipinski definition) is 1. The normalized spacial score (nSPS) is 15.5. The smallest absolute Gasteiger partial charge is 0.207 e. The number of quaternary nitrogens is 1. The van der Waals surface area contributed by atoms with Crippen LogP contribution >= 0.6 is 11.6 Å². The Labute approximate surface area is 157 Å². The second-order valence-corrected chi connectivity index (χ2v) is 7.29. The van der Waals surface area contributed by atoms with Crippen LogP contribution in [0.25, 0.3) is 10.9 Å². The number of hydrogen-bond acceptors (Lipinski definition) is 3. The number of fused-ring (bicyclic) bond motifs is 1. The highest BCUT2D eigenvalue weighted by Crippen LogP contribution is 2.24. The van der Waals surface area contributed by atoms with Gasteiger partial charge >= 0.3 is 0 Å². The van der Waals surface area contributed by atoms with E-state index in [0.717, 1.165) is 48.8 Å². The van der Waals surface area contributed by atoms with Gasteiger partial charge in [0.1, 0.15) is 0 Å². The molecule has 4 rings (SSSR count). The SMILES string of the molecule is Cc1ccc(Cl)cc1N1CC[NH+](Cn2ncc(=O)c3ccccc32)CC1. The lowest BCUT2D eigenvalue weighted by Gasteiger charge is -2.34. The zero-order chi connectivity index (χ0) is 18.1. The topological polar surface area (TPSA) is 42.6 Å². The van der Waals surface area contributed by atoms with Gasteiger partial charge in [0.25, 0.3) is 0 Å². The second kappa shape index (κ2) is 7.09. The van der Waals surface area contributed by atoms with Crippen molar-refractivity contribution in [3.8, 4) is 0 Å². The fraction of sp³-hybridized carbons (Fsp3) is 0.300. The number of rotatable bonds is 3. The third kappa shape index (κ3) is 3.32. The van der Waals surface area contributed by atoms with Crippen LogP contribution in [0.3, 0.4) is 0 Å². The Morgan fingerprint density at radius 3 is 2.73 bits per heavy atom. The van der Waals surface area contributed by atoms with Crippen molar-refractivity contribution in [2.24, 2.45) is 0 Å². The number of aryl methyl sites for hydroxylation is 1. The van der Waals surface area contributed by atoms with Gasteiger partial charge in [0.15, 0.2) is 6.67 Å². The van der Waals surface area contributed by atoms with Crippen molar-refractivity contribution in [3.63, 3.8) is 0 Å². The van der Waals surface area contributed by atoms with E-state index in [4.69, 9.17) is 11.6 Å². The van der Waals surface area contributed by atoms with Crippen LogP contribution in [0.4, 0.5) is 5.69 Å². The molecule has 3 aromatic rings. The first kappa shape index (κ1) is 17.1. The summed E-state index contributed by atoms with van der Waals surface area (Å²) in [4.78, 5) is 15.8. The second-order valence-electron chi connectivity index (χ2n) is 6.85. The summed E-state index contributed by atoms with van der Waals surface area (Å²) >= 11 is 6.17. The molecule has 2 aromatic carbocycles. The van der Waals surface area contributed by atoms with Crippen molar-refractivity contribution in [1.29, 1.82) is 0 Å². The molecule has 1 aliphatic heterocycles. The molecule has 1 N–H and O–H groups in total. The van der Waals surface area contributed by atoms with Crippen LogP contribution in [0.15, 0.2) is 53.5 Å². The molecule has 1 aromatic heterocycles. The molecule has 0 radical (unpaired) electrons. The van der Waals surface area contributed by atoms with Crippen molar-refractivity contribution < 1.29 is 4.90 Å². The molecule has 5 nitrogen and oxygen atoms in total. The highest BCUT2D eigenvalue weighted by atomic mass is 35.5. The van der Waals surface area contributed by atoms with E-state index in [1.54, 1.807) is 0 Å². The number of para-hydroxylation sites is 1. The molecule has 0 atom stereocenters. The first-order valence-corrected chi connectivity index (χ1v) is 9.29. The Morgan fingerprint density at radius 1 is 1.15 bits per heavy atom. The molecule has 6 heteroatoms. The van der Waals surface area contributed by atoms with Crippen LogP contribution in [0, 0.1) is 6.92 Å². The van der Waals surface area contributed by atoms with Gasteiger partial charge in [-0.3, -0.25) is 4.79 Å². The van der Waals surface area contributed by atoms with Crippen molar-refractivity contribution in [1.82, 2.24) is 9.78 Å². The largest absolute Gasteiger partial charge is 0.360 e. The third-order valence-electron chi connectivity index (χ3n) is 5.12. The molecular formula is C20H22ClN4O+. The average Bonchev–Trinajstić information content (AvgIpc) is 2.67. The van der Waals surface area contributed by atoms with Gasteiger partial charge in [-0.15, -0.1) is 0 Å². The molecule has 0 saturated carbocycles. The van der Waals surface area contributed by atoms with E-state index in [1.807, 2.05) is 35.0 Å². The highest BCUT2D eigenvalue weighted by molar-refractivity contribution is 6.30. The number of nitrogens with zero attached hydrogens (tertiary/aromatic N) is 3. The van der Waals surface area contributed by atoms with Crippen molar-refractivity contribution in [2.45, 2.75) is 13.6 Å². The van der Waals surface area contributed by atoms with Gasteiger partial charge in [-0.05, 0) is 36.8 Å². The highest BCUT2D eigenvalue weighted by Gasteiger charge is 2.22. The van der Waals surface area contributed by atoms with Crippen LogP contribution in [0.5, 0.6) is 0 Å². The molecule has 1 fully saturated rings. The molecule has 0 spiro atoms. The van der Waals surface area contributed by atoms with Gasteiger partial charge in [-0.2, -0.15) is 5.10 Å². The van der Waals surface area contributed by atoms with Gasteiger partial charge in [-0.1, -0.05) is 29.8 Å². The molecule has 134 valence electrons. The van der Waals surface area contributed by atoms with Crippen molar-refractivity contribution in [2.75, 3.05) is 31.1 Å². The van der Waals surface area contributed by atoms with Crippen LogP contribution in [0.1, 0.15) is 5.56 Å². The molecule has 2 heterocycles. The minimum atomic E-state index is -0.0203. The van der Waals surface area contributed by atoms with E-state index in [-0.39, 0.29) is 5.43 Å². The minimum absolute atomic E-state index is 0.0203. The maximum Gasteiger partial charge on any atom is 0.207 e. The Kier molecular flexibility index (Phi) is 4.66. The predicted molar refractivity (Wildman–Crippen MR) is 105 cm³/mol. The van der Waals surface area contributed by atoms with Gasteiger partial charge in [0, 0.05) is 16.1 Å². The van der Waals surface area contributed by atoms with Crippen molar-refractivity contribution in [3.05, 3.63) is 69.5 Å². The minimum Gasteiger partial charge on any atom is -0.360 e. The molecule has 1 aliphatic rings. The lowest BCUT2D eigenvalue weighted by Crippen LogP contribution is -3.14. The fourth-order valence-corrected chi connectivity index (χ4v) is 3.81. The maximum absolute atomic E-state index is 12.0. The number of aromatic nitrogens is 2. The van der Waals surface area contributed by atoms with Crippen molar-refractivity contribution >= 4 is 28.2 Å². The predicted octanol–water partition coefficient (Wildman–Crippen LogP) is 1.72. The lowest BCUT2D eigenvalue weighted by atomic mass is 10.1. The Hall–Kier alpha value is -2.37. The average molecular weight is 370 g/mol. The van der Waals surface area contributed by atoms with E-state index in [1.165, 1.54) is 22.3 Å². The van der Waals surface area contributed by atoms with Crippen LogP contribution in [0.2, 0.25) is 5.02 Å². The van der Waals surface area contributed by atoms with E-state index in [9.17, 15) is 4.79 Å². The quantitative estimate of drug-likeness (QED) is 0.764.